The molecule has 7 aromatic rings. The van der Waals surface area contributed by atoms with Gasteiger partial charge in [-0.3, -0.25) is 4.79 Å². The summed E-state index contributed by atoms with van der Waals surface area (Å²) in [5.41, 5.74) is 5.87. The fraction of sp³-hybridized carbons (Fsp3) is 0.125. The molecule has 57 heavy (non-hydrogen) atoms. The number of hydrogen-bond acceptors (Lipinski definition) is 8. The number of hydrazone groups is 1. The third-order valence-electron chi connectivity index (χ3n) is 9.21. The van der Waals surface area contributed by atoms with Gasteiger partial charge in [0.25, 0.3) is 0 Å². The molecule has 0 amide bonds. The van der Waals surface area contributed by atoms with E-state index in [2.05, 4.69) is 41.5 Å². The predicted molar refractivity (Wildman–Crippen MR) is 228 cm³/mol. The third kappa shape index (κ3) is 9.50. The van der Waals surface area contributed by atoms with Crippen molar-refractivity contribution in [1.29, 1.82) is 0 Å². The zero-order chi connectivity index (χ0) is 39.7. The highest BCUT2D eigenvalue weighted by atomic mass is 32.1. The lowest BCUT2D eigenvalue weighted by Gasteiger charge is -2.12. The minimum Gasteiger partial charge on any atom is -0.426 e. The number of hydrogen-bond donors (Lipinski definition) is 0. The Morgan fingerprint density at radius 1 is 0.825 bits per heavy atom. The van der Waals surface area contributed by atoms with Crippen LogP contribution in [0.4, 0.5) is 9.52 Å². The highest BCUT2D eigenvalue weighted by molar-refractivity contribution is 7.22. The molecule has 0 saturated heterocycles. The molecule has 0 unspecified atom stereocenters. The monoisotopic (exact) mass is 771 g/mol. The zero-order valence-corrected chi connectivity index (χ0v) is 32.3. The summed E-state index contributed by atoms with van der Waals surface area (Å²) in [4.78, 5) is 28.9. The van der Waals surface area contributed by atoms with Gasteiger partial charge in [-0.05, 0) is 106 Å². The Hall–Kier alpha value is -6.89. The van der Waals surface area contributed by atoms with Crippen LogP contribution in [0.25, 0.3) is 43.2 Å². The van der Waals surface area contributed by atoms with Gasteiger partial charge in [-0.25, -0.2) is 19.2 Å². The first kappa shape index (κ1) is 38.4. The highest BCUT2D eigenvalue weighted by Gasteiger charge is 2.13. The quantitative estimate of drug-likeness (QED) is 0.0234. The second-order valence-corrected chi connectivity index (χ2v) is 14.3. The first-order chi connectivity index (χ1) is 27.8. The van der Waals surface area contributed by atoms with Crippen molar-refractivity contribution in [1.82, 2.24) is 4.98 Å². The summed E-state index contributed by atoms with van der Waals surface area (Å²) in [7, 11) is 1.81. The summed E-state index contributed by atoms with van der Waals surface area (Å²) < 4.78 is 27.6. The van der Waals surface area contributed by atoms with E-state index in [1.807, 2.05) is 92.0 Å². The Morgan fingerprint density at radius 2 is 1.54 bits per heavy atom. The lowest BCUT2D eigenvalue weighted by molar-refractivity contribution is -0.134. The number of nitrogens with zero attached hydrogens (tertiary/aromatic N) is 3. The maximum absolute atomic E-state index is 15.5. The molecule has 0 atom stereocenters. The van der Waals surface area contributed by atoms with Crippen LogP contribution in [-0.2, 0) is 9.59 Å². The van der Waals surface area contributed by atoms with Crippen molar-refractivity contribution in [2.75, 3.05) is 12.1 Å². The fourth-order valence-electron chi connectivity index (χ4n) is 6.12. The first-order valence-electron chi connectivity index (χ1n) is 18.5. The number of unbranched alkanes of at least 4 members (excludes halogenated alkanes) is 2. The fourth-order valence-corrected chi connectivity index (χ4v) is 7.00. The number of ether oxygens (including phenoxy) is 2. The number of benzene rings is 6. The number of anilines is 1. The van der Waals surface area contributed by atoms with E-state index in [1.165, 1.54) is 17.4 Å². The van der Waals surface area contributed by atoms with E-state index in [4.69, 9.17) is 9.47 Å². The molecule has 0 spiro atoms. The second-order valence-electron chi connectivity index (χ2n) is 13.3. The molecule has 0 N–H and O–H groups in total. The molecule has 9 heteroatoms. The van der Waals surface area contributed by atoms with E-state index in [9.17, 15) is 9.59 Å². The summed E-state index contributed by atoms with van der Waals surface area (Å²) in [6, 6.07) is 37.5. The third-order valence-corrected chi connectivity index (χ3v) is 10.3. The van der Waals surface area contributed by atoms with Crippen LogP contribution in [0.5, 0.6) is 11.5 Å². The van der Waals surface area contributed by atoms with Crippen LogP contribution in [0.3, 0.4) is 0 Å². The van der Waals surface area contributed by atoms with Crippen molar-refractivity contribution < 1.29 is 23.5 Å². The molecular formula is C48H38FN3O4S. The maximum Gasteiger partial charge on any atom is 0.335 e. The molecule has 7 rings (SSSR count). The summed E-state index contributed by atoms with van der Waals surface area (Å²) in [6.07, 6.45) is 5.78. The zero-order valence-electron chi connectivity index (χ0n) is 31.5. The van der Waals surface area contributed by atoms with Crippen LogP contribution in [0.15, 0.2) is 139 Å². The summed E-state index contributed by atoms with van der Waals surface area (Å²) in [5, 5.41) is 8.97. The number of carbonyl (C=O) groups excluding carboxylic acids is 2. The standard InChI is InChI=1S/C48H38FN3O4S/c1-4-6-7-12-47(54)56-44-26-24-37(28-40(44)31-50-52(3)48-51-43-10-8-9-11-45(43)57-48)39-20-19-34(42(49)30-39)18-15-32-13-16-33(17-14-32)35-21-22-38-29-41(55-46(53)5-2)25-23-36(38)27-35/h5,8-11,13-14,16-17,19-31H,2,4,6-7,12H2,1,3H3/b50-31+. The topological polar surface area (TPSA) is 81.1 Å². The maximum atomic E-state index is 15.5. The first-order valence-corrected chi connectivity index (χ1v) is 19.4. The Labute approximate surface area is 334 Å². The van der Waals surface area contributed by atoms with E-state index >= 15 is 4.39 Å². The van der Waals surface area contributed by atoms with Crippen molar-refractivity contribution in [2.24, 2.45) is 5.10 Å². The van der Waals surface area contributed by atoms with Crippen molar-refractivity contribution in [2.45, 2.75) is 32.6 Å². The Balaban J connectivity index is 1.08. The normalized spacial score (nSPS) is 11.0. The van der Waals surface area contributed by atoms with Gasteiger partial charge in [0, 0.05) is 30.7 Å². The Kier molecular flexibility index (Phi) is 11.9. The predicted octanol–water partition coefficient (Wildman–Crippen LogP) is 11.4. The van der Waals surface area contributed by atoms with Gasteiger partial charge in [0.15, 0.2) is 0 Å². The number of aromatic nitrogens is 1. The molecule has 0 aliphatic carbocycles. The Morgan fingerprint density at radius 3 is 2.33 bits per heavy atom. The average Bonchev–Trinajstić information content (AvgIpc) is 3.68. The average molecular weight is 772 g/mol. The smallest absolute Gasteiger partial charge is 0.335 e. The van der Waals surface area contributed by atoms with Gasteiger partial charge in [-0.15, -0.1) is 0 Å². The van der Waals surface area contributed by atoms with Gasteiger partial charge in [0.05, 0.1) is 22.0 Å². The summed E-state index contributed by atoms with van der Waals surface area (Å²) in [5.74, 6) is 5.63. The van der Waals surface area contributed by atoms with Gasteiger partial charge in [0.2, 0.25) is 5.13 Å². The van der Waals surface area contributed by atoms with E-state index < -0.39 is 11.8 Å². The van der Waals surface area contributed by atoms with Crippen LogP contribution >= 0.6 is 11.3 Å². The van der Waals surface area contributed by atoms with Crippen LogP contribution in [0, 0.1) is 17.7 Å². The molecule has 1 aromatic heterocycles. The minimum atomic E-state index is -0.503. The van der Waals surface area contributed by atoms with E-state index in [1.54, 1.807) is 35.5 Å². The van der Waals surface area contributed by atoms with Gasteiger partial charge in [-0.1, -0.05) is 104 Å². The largest absolute Gasteiger partial charge is 0.426 e. The SMILES string of the molecule is C=CC(=O)Oc1ccc2cc(-c3ccc(C#Cc4ccc(-c5ccc(OC(=O)CCCCC)c(/C=N/N(C)c6nc7ccccc7s6)c5)cc4F)cc3)ccc2c1. The van der Waals surface area contributed by atoms with Gasteiger partial charge in [0.1, 0.15) is 17.3 Å². The van der Waals surface area contributed by atoms with Crippen LogP contribution in [-0.4, -0.2) is 30.2 Å². The molecule has 0 saturated carbocycles. The molecule has 282 valence electrons. The molecule has 0 fully saturated rings. The number of para-hydroxylation sites is 1. The van der Waals surface area contributed by atoms with E-state index in [-0.39, 0.29) is 11.5 Å². The molecule has 1 heterocycles. The van der Waals surface area contributed by atoms with Crippen molar-refractivity contribution in [3.05, 3.63) is 156 Å². The summed E-state index contributed by atoms with van der Waals surface area (Å²) in [6.45, 7) is 5.52. The van der Waals surface area contributed by atoms with Gasteiger partial charge < -0.3 is 9.47 Å². The highest BCUT2D eigenvalue weighted by Crippen LogP contribution is 2.31. The van der Waals surface area contributed by atoms with Crippen LogP contribution in [0.2, 0.25) is 0 Å². The molecule has 7 nitrogen and oxygen atoms in total. The molecule has 0 aliphatic heterocycles. The summed E-state index contributed by atoms with van der Waals surface area (Å²) >= 11 is 1.52. The van der Waals surface area contributed by atoms with Crippen LogP contribution < -0.4 is 14.5 Å². The minimum absolute atomic E-state index is 0.271. The number of halogens is 1. The number of rotatable bonds is 12. The lowest BCUT2D eigenvalue weighted by atomic mass is 10.00. The molecule has 6 aromatic carbocycles. The van der Waals surface area contributed by atoms with E-state index in [0.29, 0.717) is 34.2 Å². The van der Waals surface area contributed by atoms with E-state index in [0.717, 1.165) is 68.6 Å². The van der Waals surface area contributed by atoms with Crippen molar-refractivity contribution in [3.63, 3.8) is 0 Å². The Bertz CT molecular complexity index is 2680. The molecular weight excluding hydrogens is 734 g/mol. The van der Waals surface area contributed by atoms with Crippen molar-refractivity contribution >= 4 is 55.6 Å². The molecule has 0 radical (unpaired) electrons. The molecule has 0 aliphatic rings. The number of fused-ring (bicyclic) bond motifs is 2. The van der Waals surface area contributed by atoms with Crippen molar-refractivity contribution in [3.8, 4) is 45.6 Å². The van der Waals surface area contributed by atoms with Gasteiger partial charge >= 0.3 is 11.9 Å². The van der Waals surface area contributed by atoms with Gasteiger partial charge in [-0.2, -0.15) is 5.10 Å². The lowest BCUT2D eigenvalue weighted by Crippen LogP contribution is -2.11. The molecule has 0 bridgehead atoms. The number of thiazole rings is 1. The van der Waals surface area contributed by atoms with Crippen LogP contribution in [0.1, 0.15) is 49.3 Å². The second kappa shape index (κ2) is 17.7. The number of carbonyl (C=O) groups is 2. The number of esters is 2.